The van der Waals surface area contributed by atoms with Crippen molar-refractivity contribution in [2.75, 3.05) is 13.1 Å². The van der Waals surface area contributed by atoms with Crippen molar-refractivity contribution in [3.63, 3.8) is 0 Å². The third kappa shape index (κ3) is 6.50. The molecule has 0 fully saturated rings. The fraction of sp³-hybridized carbons (Fsp3) is 0.152. The highest BCUT2D eigenvalue weighted by Gasteiger charge is 2.23. The van der Waals surface area contributed by atoms with E-state index in [1.165, 1.54) is 0 Å². The Morgan fingerprint density at radius 3 is 2.29 bits per heavy atom. The first-order valence-electron chi connectivity index (χ1n) is 13.4. The average Bonchev–Trinajstić information content (AvgIpc) is 3.43. The lowest BCUT2D eigenvalue weighted by atomic mass is 9.94. The second-order valence-electron chi connectivity index (χ2n) is 9.68. The van der Waals surface area contributed by atoms with Crippen LogP contribution >= 0.6 is 0 Å². The van der Waals surface area contributed by atoms with Crippen LogP contribution in [-0.2, 0) is 17.8 Å². The van der Waals surface area contributed by atoms with Crippen LogP contribution in [0.25, 0.3) is 22.0 Å². The van der Waals surface area contributed by atoms with Crippen LogP contribution in [0.3, 0.4) is 0 Å². The van der Waals surface area contributed by atoms with Gasteiger partial charge in [0.15, 0.2) is 0 Å². The van der Waals surface area contributed by atoms with Gasteiger partial charge in [-0.25, -0.2) is 0 Å². The van der Waals surface area contributed by atoms with Gasteiger partial charge in [-0.1, -0.05) is 60.7 Å². The molecule has 0 saturated heterocycles. The number of para-hydroxylation sites is 1. The third-order valence-corrected chi connectivity index (χ3v) is 7.00. The lowest BCUT2D eigenvalue weighted by molar-refractivity contribution is -0.137. The number of pyridine rings is 1. The number of amides is 2. The summed E-state index contributed by atoms with van der Waals surface area (Å²) in [6, 6.07) is 25.9. The Labute approximate surface area is 237 Å². The number of benzene rings is 3. The molecule has 0 aliphatic carbocycles. The van der Waals surface area contributed by atoms with Crippen LogP contribution in [-0.4, -0.2) is 50.8 Å². The molecule has 5 rings (SSSR count). The van der Waals surface area contributed by atoms with E-state index < -0.39 is 5.97 Å². The van der Waals surface area contributed by atoms with Crippen molar-refractivity contribution in [1.82, 2.24) is 20.2 Å². The van der Waals surface area contributed by atoms with Gasteiger partial charge in [0.25, 0.3) is 11.8 Å². The van der Waals surface area contributed by atoms with E-state index in [1.807, 2.05) is 66.9 Å². The minimum Gasteiger partial charge on any atom is -0.481 e. The number of H-pyrrole nitrogens is 1. The van der Waals surface area contributed by atoms with E-state index in [1.54, 1.807) is 41.6 Å². The molecule has 0 saturated carbocycles. The zero-order chi connectivity index (χ0) is 28.6. The van der Waals surface area contributed by atoms with Crippen molar-refractivity contribution in [3.8, 4) is 11.1 Å². The maximum Gasteiger partial charge on any atom is 0.305 e. The summed E-state index contributed by atoms with van der Waals surface area (Å²) in [6.07, 6.45) is 5.69. The van der Waals surface area contributed by atoms with Crippen molar-refractivity contribution in [2.45, 2.75) is 19.4 Å². The van der Waals surface area contributed by atoms with Crippen LogP contribution in [0, 0.1) is 0 Å². The number of rotatable bonds is 11. The fourth-order valence-electron chi connectivity index (χ4n) is 4.91. The van der Waals surface area contributed by atoms with Crippen molar-refractivity contribution in [1.29, 1.82) is 0 Å². The molecule has 2 heterocycles. The van der Waals surface area contributed by atoms with Gasteiger partial charge in [0.2, 0.25) is 0 Å². The largest absolute Gasteiger partial charge is 0.481 e. The summed E-state index contributed by atoms with van der Waals surface area (Å²) in [7, 11) is 0. The summed E-state index contributed by atoms with van der Waals surface area (Å²) in [5.74, 6) is -1.53. The molecule has 0 spiro atoms. The smallest absolute Gasteiger partial charge is 0.305 e. The van der Waals surface area contributed by atoms with Crippen molar-refractivity contribution in [2.24, 2.45) is 0 Å². The summed E-state index contributed by atoms with van der Waals surface area (Å²) in [6.45, 7) is 0.728. The molecule has 3 N–H and O–H groups in total. The number of carboxylic acids is 1. The molecule has 0 atom stereocenters. The van der Waals surface area contributed by atoms with Gasteiger partial charge in [-0.2, -0.15) is 0 Å². The second-order valence-corrected chi connectivity index (χ2v) is 9.68. The molecular weight excluding hydrogens is 516 g/mol. The van der Waals surface area contributed by atoms with Gasteiger partial charge in [0.05, 0.1) is 6.42 Å². The van der Waals surface area contributed by atoms with E-state index in [2.05, 4.69) is 15.3 Å². The normalized spacial score (nSPS) is 10.8. The van der Waals surface area contributed by atoms with Crippen LogP contribution in [0.4, 0.5) is 0 Å². The molecule has 5 aromatic rings. The average molecular weight is 547 g/mol. The predicted molar refractivity (Wildman–Crippen MR) is 157 cm³/mol. The maximum absolute atomic E-state index is 14.0. The summed E-state index contributed by atoms with van der Waals surface area (Å²) >= 11 is 0. The Balaban J connectivity index is 1.41. The van der Waals surface area contributed by atoms with Crippen molar-refractivity contribution < 1.29 is 19.5 Å². The van der Waals surface area contributed by atoms with E-state index in [-0.39, 0.29) is 24.8 Å². The molecular formula is C33H30N4O4. The molecule has 2 aromatic heterocycles. The van der Waals surface area contributed by atoms with Crippen LogP contribution in [0.2, 0.25) is 0 Å². The number of aromatic nitrogens is 2. The highest BCUT2D eigenvalue weighted by atomic mass is 16.4. The van der Waals surface area contributed by atoms with E-state index in [4.69, 9.17) is 0 Å². The number of hydrogen-bond donors (Lipinski definition) is 3. The second kappa shape index (κ2) is 12.7. The highest BCUT2D eigenvalue weighted by molar-refractivity contribution is 6.06. The third-order valence-electron chi connectivity index (χ3n) is 7.00. The summed E-state index contributed by atoms with van der Waals surface area (Å²) in [4.78, 5) is 47.6. The Hall–Kier alpha value is -5.24. The number of aromatic amines is 1. The Kier molecular flexibility index (Phi) is 8.49. The molecule has 8 nitrogen and oxygen atoms in total. The molecule has 3 aromatic carbocycles. The van der Waals surface area contributed by atoms with Gasteiger partial charge >= 0.3 is 5.97 Å². The van der Waals surface area contributed by atoms with Crippen LogP contribution < -0.4 is 5.32 Å². The number of fused-ring (bicyclic) bond motifs is 1. The zero-order valence-corrected chi connectivity index (χ0v) is 22.4. The van der Waals surface area contributed by atoms with Gasteiger partial charge in [-0.15, -0.1) is 0 Å². The summed E-state index contributed by atoms with van der Waals surface area (Å²) in [5.41, 5.74) is 5.01. The molecule has 0 aliphatic heterocycles. The van der Waals surface area contributed by atoms with E-state index >= 15 is 0 Å². The molecule has 0 radical (unpaired) electrons. The minimum absolute atomic E-state index is 0.0676. The molecule has 0 aliphatic rings. The first-order chi connectivity index (χ1) is 20.0. The van der Waals surface area contributed by atoms with Crippen LogP contribution in [0.15, 0.2) is 104 Å². The number of nitrogens with one attached hydrogen (secondary N) is 2. The minimum atomic E-state index is -0.973. The number of hydrogen-bond acceptors (Lipinski definition) is 4. The Bertz CT molecular complexity index is 1680. The maximum atomic E-state index is 14.0. The quantitative estimate of drug-likeness (QED) is 0.207. The van der Waals surface area contributed by atoms with Gasteiger partial charge in [-0.05, 0) is 52.9 Å². The van der Waals surface area contributed by atoms with Gasteiger partial charge < -0.3 is 20.3 Å². The number of nitrogens with zero attached hydrogens (tertiary/aromatic N) is 2. The first kappa shape index (κ1) is 27.3. The molecule has 41 heavy (non-hydrogen) atoms. The molecule has 0 unspecified atom stereocenters. The van der Waals surface area contributed by atoms with E-state index in [0.717, 1.165) is 22.0 Å². The summed E-state index contributed by atoms with van der Waals surface area (Å²) in [5, 5.41) is 13.4. The number of carbonyl (C=O) groups is 3. The molecule has 0 bridgehead atoms. The molecule has 206 valence electrons. The predicted octanol–water partition coefficient (Wildman–Crippen LogP) is 5.32. The molecule has 8 heteroatoms. The lowest BCUT2D eigenvalue weighted by Crippen LogP contribution is -2.35. The highest BCUT2D eigenvalue weighted by Crippen LogP contribution is 2.29. The monoisotopic (exact) mass is 546 g/mol. The topological polar surface area (TPSA) is 115 Å². The first-order valence-corrected chi connectivity index (χ1v) is 13.4. The number of aliphatic carboxylic acids is 1. The van der Waals surface area contributed by atoms with Crippen LogP contribution in [0.1, 0.15) is 38.3 Å². The van der Waals surface area contributed by atoms with E-state index in [9.17, 15) is 19.5 Å². The van der Waals surface area contributed by atoms with Gasteiger partial charge in [-0.3, -0.25) is 19.4 Å². The lowest BCUT2D eigenvalue weighted by Gasteiger charge is -2.24. The van der Waals surface area contributed by atoms with Crippen LogP contribution in [0.5, 0.6) is 0 Å². The summed E-state index contributed by atoms with van der Waals surface area (Å²) < 4.78 is 0. The van der Waals surface area contributed by atoms with Gasteiger partial charge in [0.1, 0.15) is 0 Å². The SMILES string of the molecule is O=C(O)CCN(CCc1c[nH]c2ccccc12)C(=O)c1ccccc1-c1ccccc1C(=O)NCc1cccnc1. The van der Waals surface area contributed by atoms with E-state index in [0.29, 0.717) is 41.8 Å². The Morgan fingerprint density at radius 2 is 1.54 bits per heavy atom. The fourth-order valence-corrected chi connectivity index (χ4v) is 4.91. The standard InChI is InChI=1S/C33H30N4O4/c38-31(39)16-19-37(18-15-24-22-35-30-14-6-5-9-25(24)30)33(41)29-13-4-2-11-27(29)26-10-1-3-12-28(26)32(40)36-21-23-8-7-17-34-20-23/h1-14,17,20,22,35H,15-16,18-19,21H2,(H,36,40)(H,38,39). The molecule has 2 amide bonds. The number of carboxylic acid groups (broad SMARTS) is 1. The van der Waals surface area contributed by atoms with Crippen molar-refractivity contribution in [3.05, 3.63) is 126 Å². The Morgan fingerprint density at radius 1 is 0.829 bits per heavy atom. The zero-order valence-electron chi connectivity index (χ0n) is 22.4. The van der Waals surface area contributed by atoms with Crippen molar-refractivity contribution >= 4 is 28.7 Å². The number of carbonyl (C=O) groups excluding carboxylic acids is 2. The van der Waals surface area contributed by atoms with Gasteiger partial charge in [0, 0.05) is 60.3 Å².